The van der Waals surface area contributed by atoms with Crippen LogP contribution in [0.5, 0.6) is 0 Å². The van der Waals surface area contributed by atoms with Gasteiger partial charge in [-0.2, -0.15) is 0 Å². The molecule has 6 aliphatic carbocycles. The van der Waals surface area contributed by atoms with Crippen molar-refractivity contribution >= 4 is 159 Å². The third kappa shape index (κ3) is 0.946. The van der Waals surface area contributed by atoms with Crippen LogP contribution in [0.4, 0.5) is 0 Å². The zero-order chi connectivity index (χ0) is 18.4. The first-order valence-corrected chi connectivity index (χ1v) is 14.5. The number of hydrogen-bond donors (Lipinski definition) is 0. The lowest BCUT2D eigenvalue weighted by Gasteiger charge is -2.85. The van der Waals surface area contributed by atoms with Crippen molar-refractivity contribution < 1.29 is 9.47 Å². The fraction of sp³-hybridized carbons (Fsp3) is 1.00. The molecule has 4 bridgehead atoms. The lowest BCUT2D eigenvalue weighted by atomic mass is 9.39. The monoisotopic (exact) mass is 971 g/mol. The Labute approximate surface area is 223 Å². The molecule has 4 unspecified atom stereocenters. The molecule has 12 heteroatoms. The van der Waals surface area contributed by atoms with E-state index in [4.69, 9.17) is 9.47 Å². The average molecular weight is 981 g/mol. The summed E-state index contributed by atoms with van der Waals surface area (Å²) in [7, 11) is 3.51. The van der Waals surface area contributed by atoms with E-state index in [0.29, 0.717) is 0 Å². The molecule has 6 aliphatic rings. The molecular weight excluding hydrogens is 975 g/mol. The molecule has 24 heavy (non-hydrogen) atoms. The Hall–Kier alpha value is 4.72. The molecule has 6 saturated carbocycles. The summed E-state index contributed by atoms with van der Waals surface area (Å²) in [5.74, 6) is 0. The number of methoxy groups -OCH3 is 2. The van der Waals surface area contributed by atoms with Crippen LogP contribution in [0, 0.1) is 0 Å². The third-order valence-electron chi connectivity index (χ3n) is 7.15. The van der Waals surface area contributed by atoms with Crippen LogP contribution in [0.3, 0.4) is 0 Å². The average Bonchev–Trinajstić information content (AvgIpc) is 2.72. The van der Waals surface area contributed by atoms with Crippen LogP contribution in [0.15, 0.2) is 0 Å². The van der Waals surface area contributed by atoms with Gasteiger partial charge in [-0.25, -0.2) is 0 Å². The van der Waals surface area contributed by atoms with Crippen LogP contribution in [0.1, 0.15) is 0 Å². The van der Waals surface area contributed by atoms with E-state index in [9.17, 15) is 0 Å². The number of hydrogen-bond acceptors (Lipinski definition) is 2. The fourth-order valence-electron chi connectivity index (χ4n) is 6.78. The standard InChI is InChI=1S/C12H6Br10O2/c1-23-9-3(13)7(17)10(24-2)4(14,5(9,15)11(7,19)20)6(9,16)12(21,22)8(3,10)18/h1-2H3. The minimum Gasteiger partial charge on any atom is -0.373 e. The van der Waals surface area contributed by atoms with Crippen LogP contribution < -0.4 is 0 Å². The molecule has 0 saturated heterocycles. The smallest absolute Gasteiger partial charge is 0.124 e. The molecule has 0 aromatic carbocycles. The summed E-state index contributed by atoms with van der Waals surface area (Å²) < 4.78 is 8.28. The normalized spacial score (nSPS) is 74.5. The van der Waals surface area contributed by atoms with Crippen molar-refractivity contribution in [2.24, 2.45) is 0 Å². The van der Waals surface area contributed by atoms with Crippen molar-refractivity contribution in [3.05, 3.63) is 0 Å². The molecule has 0 aromatic heterocycles. The maximum absolute atomic E-state index is 6.36. The molecule has 0 heterocycles. The van der Waals surface area contributed by atoms with Gasteiger partial charge in [0.2, 0.25) is 0 Å². The predicted molar refractivity (Wildman–Crippen MR) is 131 cm³/mol. The second kappa shape index (κ2) is 4.45. The first kappa shape index (κ1) is 20.6. The Morgan fingerprint density at radius 2 is 0.625 bits per heavy atom. The zero-order valence-corrected chi connectivity index (χ0v) is 27.5. The SMILES string of the molecule is COC12C3(Br)C(Br)(Br)C4(Br)C1(Br)C1(Br)C(Br)(Br)C2(Br)C3(Br)C41OC. The quantitative estimate of drug-likeness (QED) is 0.291. The summed E-state index contributed by atoms with van der Waals surface area (Å²) in [6, 6.07) is 0. The second-order valence-electron chi connectivity index (χ2n) is 6.87. The van der Waals surface area contributed by atoms with Crippen LogP contribution in [-0.2, 0) is 9.47 Å². The summed E-state index contributed by atoms with van der Waals surface area (Å²) in [5.41, 5.74) is -1.33. The summed E-state index contributed by atoms with van der Waals surface area (Å²) in [4.78, 5) is 0. The van der Waals surface area contributed by atoms with E-state index in [1.54, 1.807) is 14.2 Å². The van der Waals surface area contributed by atoms with E-state index in [1.165, 1.54) is 0 Å². The van der Waals surface area contributed by atoms with Gasteiger partial charge in [0.1, 0.15) is 35.0 Å². The van der Waals surface area contributed by atoms with Crippen LogP contribution >= 0.6 is 159 Å². The van der Waals surface area contributed by atoms with Crippen molar-refractivity contribution in [2.75, 3.05) is 14.2 Å². The Morgan fingerprint density at radius 3 is 0.792 bits per heavy atom. The molecule has 0 N–H and O–H groups in total. The molecule has 4 atom stereocenters. The van der Waals surface area contributed by atoms with Gasteiger partial charge in [-0.05, 0) is 0 Å². The van der Waals surface area contributed by atoms with Crippen molar-refractivity contribution in [3.8, 4) is 0 Å². The Balaban J connectivity index is 2.07. The second-order valence-corrected chi connectivity index (χ2v) is 20.9. The Bertz CT molecular complexity index is 652. The minimum atomic E-state index is -0.663. The van der Waals surface area contributed by atoms with Crippen LogP contribution in [-0.4, -0.2) is 57.8 Å². The molecule has 0 aromatic rings. The van der Waals surface area contributed by atoms with Crippen LogP contribution in [0.2, 0.25) is 0 Å². The Kier molecular flexibility index (Phi) is 3.82. The molecule has 6 rings (SSSR count). The van der Waals surface area contributed by atoms with E-state index in [1.807, 2.05) is 0 Å². The van der Waals surface area contributed by atoms with E-state index in [0.717, 1.165) is 0 Å². The highest BCUT2D eigenvalue weighted by atomic mass is 79.9. The predicted octanol–water partition coefficient (Wildman–Crippen LogP) is 6.60. The van der Waals surface area contributed by atoms with Gasteiger partial charge in [0.05, 0.1) is 8.65 Å². The molecule has 0 spiro atoms. The van der Waals surface area contributed by atoms with E-state index in [-0.39, 0.29) is 0 Å². The summed E-state index contributed by atoms with van der Waals surface area (Å²) in [5, 5.41) is 0. The van der Waals surface area contributed by atoms with Crippen molar-refractivity contribution in [1.82, 2.24) is 0 Å². The molecular formula is C12H6Br10O2. The summed E-state index contributed by atoms with van der Waals surface area (Å²) in [6.45, 7) is 0. The van der Waals surface area contributed by atoms with Crippen molar-refractivity contribution in [2.45, 2.75) is 43.6 Å². The number of halogens is 10. The molecule has 0 radical (unpaired) electrons. The van der Waals surface area contributed by atoms with Gasteiger partial charge in [-0.1, -0.05) is 159 Å². The van der Waals surface area contributed by atoms with Crippen molar-refractivity contribution in [1.29, 1.82) is 0 Å². The number of ether oxygens (including phenoxy) is 2. The van der Waals surface area contributed by atoms with Gasteiger partial charge in [0.25, 0.3) is 0 Å². The van der Waals surface area contributed by atoms with E-state index >= 15 is 0 Å². The summed E-state index contributed by atoms with van der Waals surface area (Å²) in [6.07, 6.45) is 0. The van der Waals surface area contributed by atoms with Gasteiger partial charge in [-0.15, -0.1) is 0 Å². The highest BCUT2D eigenvalue weighted by Crippen LogP contribution is 3.14. The third-order valence-corrected chi connectivity index (χ3v) is 28.8. The number of alkyl halides is 10. The van der Waals surface area contributed by atoms with E-state index < -0.39 is 43.6 Å². The minimum absolute atomic E-state index is 0.548. The highest BCUT2D eigenvalue weighted by molar-refractivity contribution is 9.28. The molecule has 0 amide bonds. The van der Waals surface area contributed by atoms with Gasteiger partial charge < -0.3 is 9.47 Å². The van der Waals surface area contributed by atoms with E-state index in [2.05, 4.69) is 159 Å². The first-order valence-electron chi connectivity index (χ1n) is 6.61. The maximum atomic E-state index is 6.36. The van der Waals surface area contributed by atoms with Gasteiger partial charge >= 0.3 is 0 Å². The largest absolute Gasteiger partial charge is 0.373 e. The zero-order valence-electron chi connectivity index (χ0n) is 11.6. The van der Waals surface area contributed by atoms with Crippen molar-refractivity contribution in [3.63, 3.8) is 0 Å². The van der Waals surface area contributed by atoms with Gasteiger partial charge in [0, 0.05) is 14.2 Å². The molecule has 6 fully saturated rings. The topological polar surface area (TPSA) is 18.5 Å². The summed E-state index contributed by atoms with van der Waals surface area (Å²) >= 11 is 40.5. The van der Waals surface area contributed by atoms with Crippen LogP contribution in [0.25, 0.3) is 0 Å². The number of rotatable bonds is 2. The highest BCUT2D eigenvalue weighted by Gasteiger charge is 3.31. The lowest BCUT2D eigenvalue weighted by molar-refractivity contribution is -0.259. The lowest BCUT2D eigenvalue weighted by Crippen LogP contribution is -3.06. The maximum Gasteiger partial charge on any atom is 0.124 e. The fourth-order valence-corrected chi connectivity index (χ4v) is 26.5. The molecule has 0 aliphatic heterocycles. The molecule has 2 nitrogen and oxygen atoms in total. The first-order chi connectivity index (χ1) is 10.6. The van der Waals surface area contributed by atoms with Gasteiger partial charge in [0.15, 0.2) is 0 Å². The Morgan fingerprint density at radius 1 is 0.417 bits per heavy atom. The van der Waals surface area contributed by atoms with Gasteiger partial charge in [-0.3, -0.25) is 0 Å². The molecule has 136 valence electrons.